The zero-order valence-electron chi connectivity index (χ0n) is 31.7. The zero-order valence-corrected chi connectivity index (χ0v) is 31.7. The van der Waals surface area contributed by atoms with Crippen LogP contribution in [-0.4, -0.2) is 109 Å². The van der Waals surface area contributed by atoms with Gasteiger partial charge in [-0.15, -0.1) is 0 Å². The topological polar surface area (TPSA) is 142 Å². The van der Waals surface area contributed by atoms with Crippen molar-refractivity contribution in [2.75, 3.05) is 46.3 Å². The standard InChI is InChI=1S/C41H60FN9O2/c1-28(42)32-24-38-29(23-33(32)30(25-43)26-45-2)11-10-20-50(38)40(44)34-27-46-18-15-35(34)47-31-16-21-49(22-17-31)39(52)14-6-4-3-5-9-19-51-37-13-8-7-12-36(37)48-41(51)53/h7-8,13,23-26,28-29,31,36,38,44,46-47H,3-6,9-12,14-22,27,43H2,1-2H3,(H,48,53). The first-order chi connectivity index (χ1) is 25.8. The van der Waals surface area contributed by atoms with Crippen molar-refractivity contribution < 1.29 is 14.0 Å². The molecule has 288 valence electrons. The molecule has 0 radical (unpaired) electrons. The molecule has 53 heavy (non-hydrogen) atoms. The van der Waals surface area contributed by atoms with Gasteiger partial charge in [-0.3, -0.25) is 20.1 Å². The minimum atomic E-state index is -1.17. The number of hydrogen-bond donors (Lipinski definition) is 5. The number of urea groups is 1. The van der Waals surface area contributed by atoms with Crippen LogP contribution in [0.5, 0.6) is 0 Å². The minimum Gasteiger partial charge on any atom is -0.404 e. The normalized spacial score (nSPS) is 25.8. The van der Waals surface area contributed by atoms with Gasteiger partial charge in [0.25, 0.3) is 0 Å². The molecule has 0 aromatic rings. The Labute approximate surface area is 315 Å². The summed E-state index contributed by atoms with van der Waals surface area (Å²) in [4.78, 5) is 35.6. The monoisotopic (exact) mass is 729 g/mol. The van der Waals surface area contributed by atoms with Crippen LogP contribution in [0.25, 0.3) is 0 Å². The average molecular weight is 730 g/mol. The lowest BCUT2D eigenvalue weighted by atomic mass is 9.77. The largest absolute Gasteiger partial charge is 0.404 e. The number of fused-ring (bicyclic) bond motifs is 2. The molecule has 0 bridgehead atoms. The number of unbranched alkanes of at least 4 members (excludes halogenated alkanes) is 4. The van der Waals surface area contributed by atoms with Crippen molar-refractivity contribution in [2.45, 2.75) is 108 Å². The van der Waals surface area contributed by atoms with Crippen LogP contribution in [-0.2, 0) is 4.79 Å². The van der Waals surface area contributed by atoms with Gasteiger partial charge in [-0.05, 0) is 69.1 Å². The van der Waals surface area contributed by atoms with Gasteiger partial charge in [0, 0.05) is 106 Å². The van der Waals surface area contributed by atoms with Crippen molar-refractivity contribution in [3.05, 3.63) is 70.3 Å². The number of aliphatic imine (C=N–C) groups is 1. The van der Waals surface area contributed by atoms with E-state index in [0.29, 0.717) is 24.4 Å². The van der Waals surface area contributed by atoms with Crippen molar-refractivity contribution in [3.63, 3.8) is 0 Å². The summed E-state index contributed by atoms with van der Waals surface area (Å²) >= 11 is 0. The molecule has 4 atom stereocenters. The Hall–Kier alpha value is -4.19. The highest BCUT2D eigenvalue weighted by atomic mass is 19.1. The minimum absolute atomic E-state index is 0.0179. The highest BCUT2D eigenvalue weighted by Crippen LogP contribution is 2.38. The first kappa shape index (κ1) is 38.5. The van der Waals surface area contributed by atoms with E-state index in [2.05, 4.69) is 38.0 Å². The fraction of sp³-hybridized carbons (Fsp3) is 0.610. The van der Waals surface area contributed by atoms with E-state index in [4.69, 9.17) is 5.73 Å². The van der Waals surface area contributed by atoms with Crippen LogP contribution in [0.2, 0.25) is 0 Å². The second-order valence-corrected chi connectivity index (χ2v) is 15.3. The van der Waals surface area contributed by atoms with E-state index in [1.54, 1.807) is 20.2 Å². The second-order valence-electron chi connectivity index (χ2n) is 15.3. The van der Waals surface area contributed by atoms with Gasteiger partial charge in [0.1, 0.15) is 12.0 Å². The number of carbonyl (C=O) groups excluding carboxylic acids is 2. The number of nitrogens with zero attached hydrogens (tertiary/aromatic N) is 4. The summed E-state index contributed by atoms with van der Waals surface area (Å²) in [6.07, 6.45) is 23.4. The third-order valence-corrected chi connectivity index (χ3v) is 11.7. The van der Waals surface area contributed by atoms with Gasteiger partial charge in [-0.2, -0.15) is 0 Å². The van der Waals surface area contributed by atoms with Crippen LogP contribution < -0.4 is 21.7 Å². The number of amides is 3. The van der Waals surface area contributed by atoms with Crippen molar-refractivity contribution in [2.24, 2.45) is 16.6 Å². The van der Waals surface area contributed by atoms with Gasteiger partial charge >= 0.3 is 6.03 Å². The summed E-state index contributed by atoms with van der Waals surface area (Å²) in [6, 6.07) is 0.322. The smallest absolute Gasteiger partial charge is 0.322 e. The predicted molar refractivity (Wildman–Crippen MR) is 210 cm³/mol. The summed E-state index contributed by atoms with van der Waals surface area (Å²) in [6.45, 7) is 6.05. The molecule has 6 N–H and O–H groups in total. The molecule has 0 spiro atoms. The summed E-state index contributed by atoms with van der Waals surface area (Å²) in [7, 11) is 1.69. The van der Waals surface area contributed by atoms with Crippen LogP contribution >= 0.6 is 0 Å². The molecule has 4 unspecified atom stereocenters. The molecular weight excluding hydrogens is 670 g/mol. The maximum atomic E-state index is 15.1. The Morgan fingerprint density at radius 1 is 1.15 bits per heavy atom. The quantitative estimate of drug-likeness (QED) is 0.0944. The summed E-state index contributed by atoms with van der Waals surface area (Å²) in [5, 5.41) is 19.8. The first-order valence-electron chi connectivity index (χ1n) is 20.0. The average Bonchev–Trinajstić information content (AvgIpc) is 3.50. The van der Waals surface area contributed by atoms with E-state index in [9.17, 15) is 15.0 Å². The molecule has 4 aliphatic heterocycles. The predicted octanol–water partition coefficient (Wildman–Crippen LogP) is 5.22. The number of alkyl halides is 1. The molecule has 6 aliphatic rings. The van der Waals surface area contributed by atoms with Gasteiger partial charge < -0.3 is 31.5 Å². The van der Waals surface area contributed by atoms with Crippen molar-refractivity contribution >= 4 is 24.0 Å². The lowest BCUT2D eigenvalue weighted by Crippen LogP contribution is -2.51. The Bertz CT molecular complexity index is 1580. The number of carbonyl (C=O) groups is 2. The molecule has 12 heteroatoms. The molecule has 2 aliphatic carbocycles. The number of halogens is 1. The molecule has 6 rings (SSSR count). The highest BCUT2D eigenvalue weighted by molar-refractivity contribution is 5.98. The fourth-order valence-electron chi connectivity index (χ4n) is 8.84. The third kappa shape index (κ3) is 9.13. The van der Waals surface area contributed by atoms with E-state index >= 15 is 4.39 Å². The van der Waals surface area contributed by atoms with Crippen LogP contribution in [0, 0.1) is 11.3 Å². The number of rotatable bonds is 14. The Morgan fingerprint density at radius 2 is 1.94 bits per heavy atom. The first-order valence-corrected chi connectivity index (χ1v) is 20.0. The SMILES string of the molecule is CN=CC(=CN)C1=CC2CCCN(C(=N)C3=C(NC4CCN(C(=O)CCCCCCCN5C(=O)NC6CC=CC=C65)CC4)CCNC3)C2C=C1C(C)F. The summed E-state index contributed by atoms with van der Waals surface area (Å²) < 4.78 is 15.1. The molecule has 0 saturated carbocycles. The van der Waals surface area contributed by atoms with E-state index in [-0.39, 0.29) is 36.0 Å². The van der Waals surface area contributed by atoms with Crippen molar-refractivity contribution in [1.82, 2.24) is 30.7 Å². The van der Waals surface area contributed by atoms with Crippen LogP contribution in [0.1, 0.15) is 84.0 Å². The summed E-state index contributed by atoms with van der Waals surface area (Å²) in [5.74, 6) is 0.918. The lowest BCUT2D eigenvalue weighted by molar-refractivity contribution is -0.132. The number of hydrogen-bond acceptors (Lipinski definition) is 7. The molecule has 0 aromatic heterocycles. The molecule has 4 heterocycles. The van der Waals surface area contributed by atoms with Gasteiger partial charge in [-0.1, -0.05) is 43.6 Å². The van der Waals surface area contributed by atoms with E-state index in [0.717, 1.165) is 131 Å². The molecule has 3 fully saturated rings. The zero-order chi connectivity index (χ0) is 37.3. The number of nitrogens with one attached hydrogen (secondary N) is 4. The maximum Gasteiger partial charge on any atom is 0.322 e. The van der Waals surface area contributed by atoms with Gasteiger partial charge in [0.05, 0.1) is 12.1 Å². The van der Waals surface area contributed by atoms with Crippen LogP contribution in [0.3, 0.4) is 0 Å². The third-order valence-electron chi connectivity index (χ3n) is 11.7. The summed E-state index contributed by atoms with van der Waals surface area (Å²) in [5.41, 5.74) is 11.3. The Balaban J connectivity index is 0.961. The maximum absolute atomic E-state index is 15.1. The van der Waals surface area contributed by atoms with E-state index in [1.165, 1.54) is 6.20 Å². The number of likely N-dealkylation sites (tertiary alicyclic amines) is 2. The van der Waals surface area contributed by atoms with E-state index in [1.807, 2.05) is 28.0 Å². The van der Waals surface area contributed by atoms with Crippen LogP contribution in [0.4, 0.5) is 9.18 Å². The van der Waals surface area contributed by atoms with Crippen molar-refractivity contribution in [1.29, 1.82) is 5.41 Å². The number of piperidine rings is 2. The molecule has 3 saturated heterocycles. The van der Waals surface area contributed by atoms with Gasteiger partial charge in [0.2, 0.25) is 5.91 Å². The number of nitrogens with two attached hydrogens (primary N) is 1. The number of amidine groups is 1. The van der Waals surface area contributed by atoms with E-state index < -0.39 is 6.17 Å². The second kappa shape index (κ2) is 18.2. The highest BCUT2D eigenvalue weighted by Gasteiger charge is 2.37. The molecular formula is C41H60FN9O2. The Kier molecular flexibility index (Phi) is 13.3. The number of allylic oxidation sites excluding steroid dienone is 5. The van der Waals surface area contributed by atoms with Crippen molar-refractivity contribution in [3.8, 4) is 0 Å². The van der Waals surface area contributed by atoms with Crippen LogP contribution in [0.15, 0.2) is 75.3 Å². The molecule has 3 amide bonds. The molecule has 11 nitrogen and oxygen atoms in total. The fourth-order valence-corrected chi connectivity index (χ4v) is 8.84. The molecule has 0 aromatic carbocycles. The lowest BCUT2D eigenvalue weighted by Gasteiger charge is -2.44. The van der Waals surface area contributed by atoms with Gasteiger partial charge in [0.15, 0.2) is 0 Å². The Morgan fingerprint density at radius 3 is 2.72 bits per heavy atom. The van der Waals surface area contributed by atoms with Gasteiger partial charge in [-0.25, -0.2) is 9.18 Å².